The third kappa shape index (κ3) is 2.50. The van der Waals surface area contributed by atoms with E-state index in [1.165, 1.54) is 27.3 Å². The molecule has 110 valence electrons. The Balaban J connectivity index is 1.96. The molecule has 1 aliphatic carbocycles. The van der Waals surface area contributed by atoms with E-state index < -0.39 is 0 Å². The van der Waals surface area contributed by atoms with Crippen LogP contribution in [0.15, 0.2) is 52.3 Å². The van der Waals surface area contributed by atoms with E-state index in [2.05, 4.69) is 35.3 Å². The maximum absolute atomic E-state index is 6.42. The smallest absolute Gasteiger partial charge is 0.138 e. The Labute approximate surface area is 143 Å². The van der Waals surface area contributed by atoms with Crippen molar-refractivity contribution in [1.29, 1.82) is 0 Å². The fraction of sp³-hybridized carbons (Fsp3) is 0.167. The quantitative estimate of drug-likeness (QED) is 0.514. The van der Waals surface area contributed by atoms with Gasteiger partial charge in [0.25, 0.3) is 0 Å². The number of aromatic nitrogens is 1. The molecule has 2 aromatic carbocycles. The van der Waals surface area contributed by atoms with Gasteiger partial charge in [0.2, 0.25) is 0 Å². The van der Waals surface area contributed by atoms with Crippen LogP contribution in [0, 0.1) is 0 Å². The minimum Gasteiger partial charge on any atom is -0.224 e. The summed E-state index contributed by atoms with van der Waals surface area (Å²) < 4.78 is 0. The van der Waals surface area contributed by atoms with E-state index in [9.17, 15) is 0 Å². The minimum atomic E-state index is 0.449. The van der Waals surface area contributed by atoms with Crippen molar-refractivity contribution in [2.45, 2.75) is 29.1 Å². The largest absolute Gasteiger partial charge is 0.224 e. The van der Waals surface area contributed by atoms with Gasteiger partial charge in [0.05, 0.1) is 0 Å². The normalized spacial score (nSPS) is 13.5. The first-order valence-corrected chi connectivity index (χ1v) is 8.83. The Kier molecular flexibility index (Phi) is 3.77. The molecular weight excluding hydrogens is 333 g/mol. The third-order valence-corrected chi connectivity index (χ3v) is 5.58. The summed E-state index contributed by atoms with van der Waals surface area (Å²) in [5, 5.41) is 3.17. The molecule has 0 radical (unpaired) electrons. The molecule has 0 fully saturated rings. The number of benzene rings is 2. The predicted octanol–water partition coefficient (Wildman–Crippen LogP) is 6.18. The zero-order chi connectivity index (χ0) is 15.1. The first-order chi connectivity index (χ1) is 10.7. The van der Waals surface area contributed by atoms with Crippen LogP contribution < -0.4 is 0 Å². The number of rotatable bonds is 2. The number of nitrogens with zero attached hydrogens (tertiary/aromatic N) is 1. The molecule has 1 aromatic heterocycles. The Hall–Kier alpha value is -1.22. The molecule has 0 N–H and O–H groups in total. The Morgan fingerprint density at radius 1 is 1.00 bits per heavy atom. The molecule has 0 atom stereocenters. The van der Waals surface area contributed by atoms with Crippen LogP contribution >= 0.6 is 35.0 Å². The van der Waals surface area contributed by atoms with E-state index >= 15 is 0 Å². The molecule has 0 spiro atoms. The molecule has 0 saturated heterocycles. The molecule has 0 bridgehead atoms. The van der Waals surface area contributed by atoms with Gasteiger partial charge in [-0.05, 0) is 54.7 Å². The van der Waals surface area contributed by atoms with Crippen LogP contribution in [-0.4, -0.2) is 4.98 Å². The fourth-order valence-corrected chi connectivity index (χ4v) is 4.68. The van der Waals surface area contributed by atoms with E-state index in [1.54, 1.807) is 11.8 Å². The van der Waals surface area contributed by atoms with Crippen molar-refractivity contribution in [3.63, 3.8) is 0 Å². The lowest BCUT2D eigenvalue weighted by atomic mass is 10.0. The van der Waals surface area contributed by atoms with Gasteiger partial charge in [-0.25, -0.2) is 4.98 Å². The molecule has 1 heterocycles. The Morgan fingerprint density at radius 3 is 2.64 bits per heavy atom. The van der Waals surface area contributed by atoms with Crippen molar-refractivity contribution in [3.8, 4) is 0 Å². The van der Waals surface area contributed by atoms with Gasteiger partial charge in [-0.2, -0.15) is 0 Å². The van der Waals surface area contributed by atoms with Crippen LogP contribution in [0.5, 0.6) is 0 Å². The predicted molar refractivity (Wildman–Crippen MR) is 94.4 cm³/mol. The molecule has 0 saturated carbocycles. The number of aryl methyl sites for hydroxylation is 2. The summed E-state index contributed by atoms with van der Waals surface area (Å²) in [6.07, 6.45) is 3.38. The van der Waals surface area contributed by atoms with Crippen LogP contribution in [0.2, 0.25) is 10.3 Å². The molecule has 22 heavy (non-hydrogen) atoms. The minimum absolute atomic E-state index is 0.449. The zero-order valence-electron chi connectivity index (χ0n) is 11.8. The summed E-state index contributed by atoms with van der Waals surface area (Å²) in [4.78, 5) is 6.66. The number of fused-ring (bicyclic) bond motifs is 3. The molecule has 4 rings (SSSR count). The molecule has 3 aromatic rings. The van der Waals surface area contributed by atoms with Crippen molar-refractivity contribution in [3.05, 3.63) is 63.9 Å². The van der Waals surface area contributed by atoms with E-state index in [0.717, 1.165) is 23.6 Å². The first kappa shape index (κ1) is 14.4. The van der Waals surface area contributed by atoms with E-state index in [-0.39, 0.29) is 0 Å². The van der Waals surface area contributed by atoms with Gasteiger partial charge in [0.15, 0.2) is 0 Å². The lowest BCUT2D eigenvalue weighted by molar-refractivity contribution is 0.913. The van der Waals surface area contributed by atoms with Crippen LogP contribution in [0.1, 0.15) is 17.5 Å². The summed E-state index contributed by atoms with van der Waals surface area (Å²) in [6, 6.07) is 14.6. The van der Waals surface area contributed by atoms with Crippen LogP contribution in [0.3, 0.4) is 0 Å². The van der Waals surface area contributed by atoms with Gasteiger partial charge in [-0.1, -0.05) is 53.2 Å². The van der Waals surface area contributed by atoms with Gasteiger partial charge in [-0.3, -0.25) is 0 Å². The standard InChI is InChI=1S/C18H13Cl2NS/c19-16-10-14-15(22-12-6-2-1-3-7-12)9-11-5-4-8-13(11)17(14)18(20)21-16/h1-3,6-7,9-10H,4-5,8H2. The Morgan fingerprint density at radius 2 is 1.82 bits per heavy atom. The molecule has 4 heteroatoms. The average Bonchev–Trinajstić information content (AvgIpc) is 2.96. The van der Waals surface area contributed by atoms with E-state index in [1.807, 2.05) is 12.1 Å². The van der Waals surface area contributed by atoms with E-state index in [4.69, 9.17) is 23.2 Å². The highest BCUT2D eigenvalue weighted by atomic mass is 35.5. The molecule has 0 unspecified atom stereocenters. The average molecular weight is 346 g/mol. The second-order valence-electron chi connectivity index (χ2n) is 5.44. The maximum Gasteiger partial charge on any atom is 0.138 e. The number of halogens is 2. The van der Waals surface area contributed by atoms with E-state index in [0.29, 0.717) is 10.3 Å². The van der Waals surface area contributed by atoms with Crippen molar-refractivity contribution in [2.24, 2.45) is 0 Å². The van der Waals surface area contributed by atoms with Crippen molar-refractivity contribution in [2.75, 3.05) is 0 Å². The third-order valence-electron chi connectivity index (χ3n) is 4.05. The fourth-order valence-electron chi connectivity index (χ4n) is 3.11. The first-order valence-electron chi connectivity index (χ1n) is 7.26. The molecular formula is C18H13Cl2NS. The van der Waals surface area contributed by atoms with Gasteiger partial charge < -0.3 is 0 Å². The van der Waals surface area contributed by atoms with Gasteiger partial charge in [0, 0.05) is 20.6 Å². The Bertz CT molecular complexity index is 862. The number of pyridine rings is 1. The van der Waals surface area contributed by atoms with Gasteiger partial charge >= 0.3 is 0 Å². The van der Waals surface area contributed by atoms with Gasteiger partial charge in [-0.15, -0.1) is 0 Å². The summed E-state index contributed by atoms with van der Waals surface area (Å²) in [5.41, 5.74) is 2.75. The van der Waals surface area contributed by atoms with Gasteiger partial charge in [0.1, 0.15) is 10.3 Å². The molecule has 1 nitrogen and oxygen atoms in total. The highest BCUT2D eigenvalue weighted by molar-refractivity contribution is 7.99. The van der Waals surface area contributed by atoms with Crippen LogP contribution in [-0.2, 0) is 12.8 Å². The molecule has 1 aliphatic rings. The summed E-state index contributed by atoms with van der Waals surface area (Å²) in [6.45, 7) is 0. The second-order valence-corrected chi connectivity index (χ2v) is 7.30. The maximum atomic E-state index is 6.42. The highest BCUT2D eigenvalue weighted by Gasteiger charge is 2.20. The highest BCUT2D eigenvalue weighted by Crippen LogP contribution is 2.42. The lowest BCUT2D eigenvalue weighted by Crippen LogP contribution is -1.92. The summed E-state index contributed by atoms with van der Waals surface area (Å²) >= 11 is 14.3. The zero-order valence-corrected chi connectivity index (χ0v) is 14.1. The van der Waals surface area contributed by atoms with Crippen molar-refractivity contribution >= 4 is 45.7 Å². The number of hydrogen-bond acceptors (Lipinski definition) is 2. The summed E-state index contributed by atoms with van der Waals surface area (Å²) in [5.74, 6) is 0. The summed E-state index contributed by atoms with van der Waals surface area (Å²) in [7, 11) is 0. The SMILES string of the molecule is Clc1cc2c(Sc3ccccc3)cc3c(c2c(Cl)n1)CCC3. The second kappa shape index (κ2) is 5.77. The topological polar surface area (TPSA) is 12.9 Å². The lowest BCUT2D eigenvalue weighted by Gasteiger charge is -2.13. The number of hydrogen-bond donors (Lipinski definition) is 0. The molecule has 0 aliphatic heterocycles. The van der Waals surface area contributed by atoms with Crippen LogP contribution in [0.25, 0.3) is 10.8 Å². The molecule has 0 amide bonds. The van der Waals surface area contributed by atoms with Crippen LogP contribution in [0.4, 0.5) is 0 Å². The van der Waals surface area contributed by atoms with Crippen molar-refractivity contribution in [1.82, 2.24) is 4.98 Å². The monoisotopic (exact) mass is 345 g/mol. The van der Waals surface area contributed by atoms with Crippen molar-refractivity contribution < 1.29 is 0 Å².